The number of hydrogen-bond acceptors (Lipinski definition) is 2. The molecule has 1 fully saturated rings. The fourth-order valence-electron chi connectivity index (χ4n) is 3.27. The van der Waals surface area contributed by atoms with Crippen LogP contribution < -0.4 is 5.73 Å². The molecule has 2 N–H and O–H groups in total. The van der Waals surface area contributed by atoms with Crippen LogP contribution in [0.15, 0.2) is 48.5 Å². The number of nitrogens with zero attached hydrogens (tertiary/aromatic N) is 1. The van der Waals surface area contributed by atoms with Crippen molar-refractivity contribution in [3.63, 3.8) is 0 Å². The van der Waals surface area contributed by atoms with E-state index in [1.807, 2.05) is 30.3 Å². The Hall–Kier alpha value is -2.50. The van der Waals surface area contributed by atoms with Crippen LogP contribution in [-0.4, -0.2) is 30.1 Å². The second-order valence-corrected chi connectivity index (χ2v) is 6.27. The summed E-state index contributed by atoms with van der Waals surface area (Å²) in [7, 11) is 0. The van der Waals surface area contributed by atoms with Crippen molar-refractivity contribution in [1.82, 2.24) is 4.90 Å². The number of rotatable bonds is 2. The number of likely N-dealkylation sites (tertiary alicyclic amines) is 1. The van der Waals surface area contributed by atoms with Gasteiger partial charge in [-0.05, 0) is 30.5 Å². The minimum absolute atomic E-state index is 0.0652. The van der Waals surface area contributed by atoms with E-state index in [0.717, 1.165) is 5.56 Å². The fraction of sp³-hybridized carbons (Fsp3) is 0.316. The highest BCUT2D eigenvalue weighted by Gasteiger charge is 2.43. The van der Waals surface area contributed by atoms with Crippen LogP contribution in [-0.2, 0) is 0 Å². The first-order valence-electron chi connectivity index (χ1n) is 8.18. The zero-order valence-corrected chi connectivity index (χ0v) is 13.6. The summed E-state index contributed by atoms with van der Waals surface area (Å²) in [5.74, 6) is -1.87. The fourth-order valence-corrected chi connectivity index (χ4v) is 3.27. The Bertz CT molecular complexity index is 759. The van der Waals surface area contributed by atoms with Crippen molar-refractivity contribution in [2.75, 3.05) is 18.8 Å². The highest BCUT2D eigenvalue weighted by molar-refractivity contribution is 6.03. The van der Waals surface area contributed by atoms with E-state index in [4.69, 9.17) is 5.73 Å². The lowest BCUT2D eigenvalue weighted by Crippen LogP contribution is -2.44. The first kappa shape index (κ1) is 17.3. The maximum absolute atomic E-state index is 13.0. The summed E-state index contributed by atoms with van der Waals surface area (Å²) in [6.07, 6.45) is -3.87. The molecule has 1 saturated heterocycles. The Kier molecular flexibility index (Phi) is 4.70. The summed E-state index contributed by atoms with van der Waals surface area (Å²) in [5, 5.41) is 0. The van der Waals surface area contributed by atoms with Crippen LogP contribution in [0.5, 0.6) is 0 Å². The van der Waals surface area contributed by atoms with Gasteiger partial charge in [-0.3, -0.25) is 4.79 Å². The number of nitrogens with two attached hydrogens (primary N) is 1. The largest absolute Gasteiger partial charge is 0.398 e. The number of benzene rings is 2. The summed E-state index contributed by atoms with van der Waals surface area (Å²) in [5.41, 5.74) is 8.18. The number of anilines is 1. The minimum Gasteiger partial charge on any atom is -0.398 e. The zero-order valence-electron chi connectivity index (χ0n) is 13.6. The third-order valence-electron chi connectivity index (χ3n) is 4.56. The first-order valence-corrected chi connectivity index (χ1v) is 8.18. The molecule has 1 aliphatic heterocycles. The molecule has 2 aromatic rings. The normalized spacial score (nSPS) is 18.2. The molecule has 0 bridgehead atoms. The molecule has 132 valence electrons. The molecule has 1 aliphatic rings. The van der Waals surface area contributed by atoms with E-state index < -0.39 is 18.0 Å². The standard InChI is InChI=1S/C19H19F3N2O/c20-19(21,22)14-8-5-11-24(12-14)18(25)15-9-4-10-16(23)17(15)13-6-2-1-3-7-13/h1-4,6-7,9-10,14H,5,8,11-12,23H2. The highest BCUT2D eigenvalue weighted by atomic mass is 19.4. The Morgan fingerprint density at radius 3 is 2.48 bits per heavy atom. The number of carbonyl (C=O) groups excluding carboxylic acids is 1. The van der Waals surface area contributed by atoms with Gasteiger partial charge in [-0.15, -0.1) is 0 Å². The van der Waals surface area contributed by atoms with Crippen LogP contribution in [0.1, 0.15) is 23.2 Å². The molecule has 6 heteroatoms. The van der Waals surface area contributed by atoms with Crippen molar-refractivity contribution >= 4 is 11.6 Å². The van der Waals surface area contributed by atoms with Crippen LogP contribution in [0.2, 0.25) is 0 Å². The van der Waals surface area contributed by atoms with E-state index in [0.29, 0.717) is 29.8 Å². The van der Waals surface area contributed by atoms with Crippen molar-refractivity contribution in [3.05, 3.63) is 54.1 Å². The maximum Gasteiger partial charge on any atom is 0.393 e. The summed E-state index contributed by atoms with van der Waals surface area (Å²) >= 11 is 0. The maximum atomic E-state index is 13.0. The van der Waals surface area contributed by atoms with Crippen molar-refractivity contribution < 1.29 is 18.0 Å². The minimum atomic E-state index is -4.28. The van der Waals surface area contributed by atoms with E-state index in [2.05, 4.69) is 0 Å². The molecular weight excluding hydrogens is 329 g/mol. The lowest BCUT2D eigenvalue weighted by Gasteiger charge is -2.34. The summed E-state index contributed by atoms with van der Waals surface area (Å²) < 4.78 is 39.1. The van der Waals surface area contributed by atoms with Gasteiger partial charge in [0.2, 0.25) is 0 Å². The predicted octanol–water partition coefficient (Wildman–Crippen LogP) is 4.35. The van der Waals surface area contributed by atoms with Gasteiger partial charge in [0.05, 0.1) is 5.92 Å². The van der Waals surface area contributed by atoms with E-state index in [9.17, 15) is 18.0 Å². The Labute approximate surface area is 144 Å². The number of halogens is 3. The quantitative estimate of drug-likeness (QED) is 0.820. The Morgan fingerprint density at radius 1 is 1.08 bits per heavy atom. The van der Waals surface area contributed by atoms with Gasteiger partial charge in [0.1, 0.15) is 0 Å². The summed E-state index contributed by atoms with van der Waals surface area (Å²) in [4.78, 5) is 14.2. The Balaban J connectivity index is 1.94. The molecule has 3 nitrogen and oxygen atoms in total. The number of alkyl halides is 3. The topological polar surface area (TPSA) is 46.3 Å². The van der Waals surface area contributed by atoms with Crippen molar-refractivity contribution in [2.24, 2.45) is 5.92 Å². The van der Waals surface area contributed by atoms with Gasteiger partial charge >= 0.3 is 6.18 Å². The number of amides is 1. The molecule has 0 saturated carbocycles. The molecule has 25 heavy (non-hydrogen) atoms. The molecule has 1 amide bonds. The molecule has 3 rings (SSSR count). The number of piperidine rings is 1. The predicted molar refractivity (Wildman–Crippen MR) is 91.0 cm³/mol. The molecular formula is C19H19F3N2O. The molecule has 0 radical (unpaired) electrons. The van der Waals surface area contributed by atoms with Crippen molar-refractivity contribution in [2.45, 2.75) is 19.0 Å². The van der Waals surface area contributed by atoms with Gasteiger partial charge in [-0.25, -0.2) is 0 Å². The monoisotopic (exact) mass is 348 g/mol. The SMILES string of the molecule is Nc1cccc(C(=O)N2CCCC(C(F)(F)F)C2)c1-c1ccccc1. The van der Waals surface area contributed by atoms with E-state index in [-0.39, 0.29) is 13.0 Å². The van der Waals surface area contributed by atoms with Crippen molar-refractivity contribution in [1.29, 1.82) is 0 Å². The van der Waals surface area contributed by atoms with Crippen LogP contribution in [0.25, 0.3) is 11.1 Å². The van der Waals surface area contributed by atoms with Gasteiger partial charge in [-0.2, -0.15) is 13.2 Å². The number of carbonyl (C=O) groups is 1. The average Bonchev–Trinajstić information content (AvgIpc) is 2.61. The smallest absolute Gasteiger partial charge is 0.393 e. The number of hydrogen-bond donors (Lipinski definition) is 1. The van der Waals surface area contributed by atoms with Crippen molar-refractivity contribution in [3.8, 4) is 11.1 Å². The van der Waals surface area contributed by atoms with Gasteiger partial charge in [0.15, 0.2) is 0 Å². The molecule has 0 aliphatic carbocycles. The van der Waals surface area contributed by atoms with Gasteiger partial charge in [-0.1, -0.05) is 36.4 Å². The van der Waals surface area contributed by atoms with E-state index in [1.165, 1.54) is 4.90 Å². The molecule has 1 atom stereocenters. The lowest BCUT2D eigenvalue weighted by atomic mass is 9.94. The van der Waals surface area contributed by atoms with E-state index in [1.54, 1.807) is 18.2 Å². The summed E-state index contributed by atoms with van der Waals surface area (Å²) in [6, 6.07) is 14.1. The van der Waals surface area contributed by atoms with Gasteiger partial charge in [0.25, 0.3) is 5.91 Å². The molecule has 0 spiro atoms. The highest BCUT2D eigenvalue weighted by Crippen LogP contribution is 2.35. The van der Waals surface area contributed by atoms with E-state index >= 15 is 0 Å². The molecule has 2 aromatic carbocycles. The van der Waals surface area contributed by atoms with Crippen LogP contribution >= 0.6 is 0 Å². The number of nitrogen functional groups attached to an aromatic ring is 1. The van der Waals surface area contributed by atoms with Gasteiger partial charge < -0.3 is 10.6 Å². The zero-order chi connectivity index (χ0) is 18.0. The second-order valence-electron chi connectivity index (χ2n) is 6.27. The van der Waals surface area contributed by atoms with Crippen LogP contribution in [0.3, 0.4) is 0 Å². The molecule has 0 aromatic heterocycles. The molecule has 1 heterocycles. The average molecular weight is 348 g/mol. The van der Waals surface area contributed by atoms with Crippen LogP contribution in [0.4, 0.5) is 18.9 Å². The Morgan fingerprint density at radius 2 is 1.80 bits per heavy atom. The van der Waals surface area contributed by atoms with Gasteiger partial charge in [0, 0.05) is 29.9 Å². The molecule has 1 unspecified atom stereocenters. The second kappa shape index (κ2) is 6.78. The third kappa shape index (κ3) is 3.62. The summed E-state index contributed by atoms with van der Waals surface area (Å²) in [6.45, 7) is 0.0276. The third-order valence-corrected chi connectivity index (χ3v) is 4.56. The van der Waals surface area contributed by atoms with Crippen LogP contribution in [0, 0.1) is 5.92 Å². The first-order chi connectivity index (χ1) is 11.9. The lowest BCUT2D eigenvalue weighted by molar-refractivity contribution is -0.184.